The van der Waals surface area contributed by atoms with E-state index >= 15 is 0 Å². The van der Waals surface area contributed by atoms with Gasteiger partial charge in [-0.1, -0.05) is 15.9 Å². The summed E-state index contributed by atoms with van der Waals surface area (Å²) in [5.41, 5.74) is 1.75. The first-order valence-electron chi connectivity index (χ1n) is 8.10. The van der Waals surface area contributed by atoms with Gasteiger partial charge >= 0.3 is 0 Å². The molecule has 0 saturated carbocycles. The fraction of sp³-hybridized carbons (Fsp3) is 0.211. The van der Waals surface area contributed by atoms with E-state index in [-0.39, 0.29) is 11.4 Å². The summed E-state index contributed by atoms with van der Waals surface area (Å²) < 4.78 is 14.8. The number of hydrogen-bond donors (Lipinski definition) is 2. The molecule has 0 bridgehead atoms. The number of nitrogens with one attached hydrogen (secondary N) is 2. The summed E-state index contributed by atoms with van der Waals surface area (Å²) in [6.45, 7) is 6.07. The number of halogens is 2. The van der Waals surface area contributed by atoms with Crippen LogP contribution < -0.4 is 10.6 Å². The number of aromatic nitrogens is 3. The lowest BCUT2D eigenvalue weighted by Crippen LogP contribution is -2.27. The first kappa shape index (κ1) is 18.3. The molecule has 3 aromatic rings. The van der Waals surface area contributed by atoms with E-state index < -0.39 is 0 Å². The van der Waals surface area contributed by atoms with Crippen molar-refractivity contribution in [2.45, 2.75) is 26.3 Å². The average molecular weight is 416 g/mol. The molecule has 0 fully saturated rings. The normalized spacial score (nSPS) is 11.3. The monoisotopic (exact) mass is 415 g/mol. The van der Waals surface area contributed by atoms with Gasteiger partial charge in [-0.3, -0.25) is 4.98 Å². The van der Waals surface area contributed by atoms with E-state index in [9.17, 15) is 4.39 Å². The van der Waals surface area contributed by atoms with Crippen LogP contribution in [-0.4, -0.2) is 20.5 Å². The van der Waals surface area contributed by atoms with Crippen LogP contribution in [-0.2, 0) is 0 Å². The number of pyridine rings is 1. The molecule has 0 unspecified atom stereocenters. The highest BCUT2D eigenvalue weighted by atomic mass is 79.9. The maximum absolute atomic E-state index is 14.2. The van der Waals surface area contributed by atoms with Crippen LogP contribution in [0, 0.1) is 5.82 Å². The van der Waals surface area contributed by atoms with Gasteiger partial charge < -0.3 is 10.6 Å². The van der Waals surface area contributed by atoms with Gasteiger partial charge in [-0.2, -0.15) is 4.98 Å². The van der Waals surface area contributed by atoms with Crippen LogP contribution in [0.4, 0.5) is 21.8 Å². The Bertz CT molecular complexity index is 910. The molecule has 2 aromatic heterocycles. The highest BCUT2D eigenvalue weighted by Gasteiger charge is 2.14. The van der Waals surface area contributed by atoms with Crippen LogP contribution in [0.3, 0.4) is 0 Å². The largest absolute Gasteiger partial charge is 0.350 e. The lowest BCUT2D eigenvalue weighted by atomic mass is 10.1. The van der Waals surface area contributed by atoms with E-state index in [0.29, 0.717) is 27.6 Å². The molecule has 0 atom stereocenters. The summed E-state index contributed by atoms with van der Waals surface area (Å²) in [6.07, 6.45) is 3.41. The summed E-state index contributed by atoms with van der Waals surface area (Å²) in [5, 5.41) is 6.30. The predicted octanol–water partition coefficient (Wildman–Crippen LogP) is 5.39. The second kappa shape index (κ2) is 7.37. The summed E-state index contributed by atoms with van der Waals surface area (Å²) in [4.78, 5) is 13.1. The zero-order valence-electron chi connectivity index (χ0n) is 14.7. The van der Waals surface area contributed by atoms with Crippen molar-refractivity contribution < 1.29 is 4.39 Å². The van der Waals surface area contributed by atoms with Crippen molar-refractivity contribution in [2.75, 3.05) is 10.6 Å². The van der Waals surface area contributed by atoms with Gasteiger partial charge in [0.05, 0.1) is 11.4 Å². The van der Waals surface area contributed by atoms with Crippen molar-refractivity contribution in [2.24, 2.45) is 0 Å². The Morgan fingerprint density at radius 3 is 2.38 bits per heavy atom. The van der Waals surface area contributed by atoms with E-state index in [0.717, 1.165) is 5.56 Å². The van der Waals surface area contributed by atoms with Crippen molar-refractivity contribution in [3.05, 3.63) is 59.1 Å². The van der Waals surface area contributed by atoms with Gasteiger partial charge in [0.15, 0.2) is 0 Å². The molecule has 2 heterocycles. The van der Waals surface area contributed by atoms with Gasteiger partial charge in [0.2, 0.25) is 5.95 Å². The summed E-state index contributed by atoms with van der Waals surface area (Å²) in [7, 11) is 0. The minimum Gasteiger partial charge on any atom is -0.350 e. The van der Waals surface area contributed by atoms with E-state index in [2.05, 4.69) is 41.5 Å². The molecule has 5 nitrogen and oxygen atoms in total. The molecule has 2 N–H and O–H groups in total. The third-order valence-corrected chi connectivity index (χ3v) is 3.88. The molecule has 134 valence electrons. The Labute approximate surface area is 160 Å². The maximum atomic E-state index is 14.2. The lowest BCUT2D eigenvalue weighted by Gasteiger charge is -2.21. The molecule has 0 aliphatic carbocycles. The average Bonchev–Trinajstić information content (AvgIpc) is 2.56. The zero-order chi connectivity index (χ0) is 18.7. The SMILES string of the molecule is CC(C)(C)Nc1nc(Nc2ccc(Br)cc2F)cc(-c2ccncc2)n1. The summed E-state index contributed by atoms with van der Waals surface area (Å²) >= 11 is 3.26. The minimum absolute atomic E-state index is 0.211. The third kappa shape index (κ3) is 4.76. The van der Waals surface area contributed by atoms with Gasteiger partial charge in [0.1, 0.15) is 11.6 Å². The first-order chi connectivity index (χ1) is 12.3. The van der Waals surface area contributed by atoms with E-state index in [4.69, 9.17) is 0 Å². The smallest absolute Gasteiger partial charge is 0.225 e. The Morgan fingerprint density at radius 2 is 1.73 bits per heavy atom. The van der Waals surface area contributed by atoms with Gasteiger partial charge in [-0.25, -0.2) is 9.37 Å². The van der Waals surface area contributed by atoms with Gasteiger partial charge in [-0.05, 0) is 51.1 Å². The quantitative estimate of drug-likeness (QED) is 0.597. The zero-order valence-corrected chi connectivity index (χ0v) is 16.3. The molecule has 0 saturated heterocycles. The number of benzene rings is 1. The minimum atomic E-state index is -0.367. The van der Waals surface area contributed by atoms with Crippen LogP contribution in [0.5, 0.6) is 0 Å². The highest BCUT2D eigenvalue weighted by molar-refractivity contribution is 9.10. The molecular formula is C19H19BrFN5. The molecule has 0 amide bonds. The first-order valence-corrected chi connectivity index (χ1v) is 8.89. The Balaban J connectivity index is 2.01. The van der Waals surface area contributed by atoms with Crippen LogP contribution in [0.15, 0.2) is 53.3 Å². The van der Waals surface area contributed by atoms with Gasteiger partial charge in [0.25, 0.3) is 0 Å². The fourth-order valence-corrected chi connectivity index (χ4v) is 2.64. The molecule has 0 aliphatic rings. The summed E-state index contributed by atoms with van der Waals surface area (Å²) in [6, 6.07) is 10.3. The van der Waals surface area contributed by atoms with Crippen molar-refractivity contribution in [3.63, 3.8) is 0 Å². The topological polar surface area (TPSA) is 62.7 Å². The molecule has 7 heteroatoms. The van der Waals surface area contributed by atoms with Crippen LogP contribution >= 0.6 is 15.9 Å². The number of nitrogens with zero attached hydrogens (tertiary/aromatic N) is 3. The molecule has 0 radical (unpaired) electrons. The fourth-order valence-electron chi connectivity index (χ4n) is 2.30. The predicted molar refractivity (Wildman–Crippen MR) is 106 cm³/mol. The Morgan fingerprint density at radius 1 is 1.00 bits per heavy atom. The van der Waals surface area contributed by atoms with Crippen molar-refractivity contribution in [1.82, 2.24) is 15.0 Å². The highest BCUT2D eigenvalue weighted by Crippen LogP contribution is 2.26. The van der Waals surface area contributed by atoms with E-state index in [1.54, 1.807) is 30.6 Å². The summed E-state index contributed by atoms with van der Waals surface area (Å²) in [5.74, 6) is 0.598. The van der Waals surface area contributed by atoms with E-state index in [1.807, 2.05) is 32.9 Å². The van der Waals surface area contributed by atoms with Crippen LogP contribution in [0.1, 0.15) is 20.8 Å². The van der Waals surface area contributed by atoms with Crippen LogP contribution in [0.25, 0.3) is 11.3 Å². The Hall–Kier alpha value is -2.54. The molecular weight excluding hydrogens is 397 g/mol. The van der Waals surface area contributed by atoms with Crippen molar-refractivity contribution in [3.8, 4) is 11.3 Å². The standard InChI is InChI=1S/C19H19BrFN5/c1-19(2,3)26-18-24-16(12-6-8-22-9-7-12)11-17(25-18)23-15-5-4-13(20)10-14(15)21/h4-11H,1-3H3,(H2,23,24,25,26). The third-order valence-electron chi connectivity index (χ3n) is 3.38. The molecule has 0 aliphatic heterocycles. The van der Waals surface area contributed by atoms with Gasteiger partial charge in [0, 0.05) is 34.0 Å². The number of hydrogen-bond acceptors (Lipinski definition) is 5. The number of anilines is 3. The Kier molecular flexibility index (Phi) is 5.18. The molecule has 1 aromatic carbocycles. The maximum Gasteiger partial charge on any atom is 0.225 e. The molecule has 0 spiro atoms. The van der Waals surface area contributed by atoms with Gasteiger partial charge in [-0.15, -0.1) is 0 Å². The molecule has 3 rings (SSSR count). The second-order valence-corrected chi connectivity index (χ2v) is 7.74. The van der Waals surface area contributed by atoms with Crippen molar-refractivity contribution in [1.29, 1.82) is 0 Å². The number of rotatable bonds is 4. The second-order valence-electron chi connectivity index (χ2n) is 6.82. The van der Waals surface area contributed by atoms with Crippen molar-refractivity contribution >= 4 is 33.4 Å². The molecule has 26 heavy (non-hydrogen) atoms. The lowest BCUT2D eigenvalue weighted by molar-refractivity contribution is 0.625. The van der Waals surface area contributed by atoms with E-state index in [1.165, 1.54) is 6.07 Å². The van der Waals surface area contributed by atoms with Crippen LogP contribution in [0.2, 0.25) is 0 Å².